The first-order valence-electron chi connectivity index (χ1n) is 7.73. The number of hydrogen-bond donors (Lipinski definition) is 2. The van der Waals surface area contributed by atoms with Crippen LogP contribution in [0.4, 0.5) is 0 Å². The largest absolute Gasteiger partial charge is 0.355 e. The van der Waals surface area contributed by atoms with E-state index in [2.05, 4.69) is 36.5 Å². The van der Waals surface area contributed by atoms with Crippen molar-refractivity contribution in [2.45, 2.75) is 51.5 Å². The fraction of sp³-hybridized carbons (Fsp3) is 0.588. The first-order chi connectivity index (χ1) is 9.65. The van der Waals surface area contributed by atoms with Crippen LogP contribution in [0.3, 0.4) is 0 Å². The highest BCUT2D eigenvalue weighted by Crippen LogP contribution is 2.31. The number of carbonyl (C=O) groups is 1. The summed E-state index contributed by atoms with van der Waals surface area (Å²) in [6.07, 6.45) is 6.13. The van der Waals surface area contributed by atoms with Gasteiger partial charge in [-0.2, -0.15) is 0 Å². The fourth-order valence-electron chi connectivity index (χ4n) is 2.38. The highest BCUT2D eigenvalue weighted by molar-refractivity contribution is 5.85. The summed E-state index contributed by atoms with van der Waals surface area (Å²) in [5.41, 5.74) is 8.60. The van der Waals surface area contributed by atoms with Crippen molar-refractivity contribution >= 4 is 18.3 Å². The van der Waals surface area contributed by atoms with E-state index in [4.69, 9.17) is 5.73 Å². The molecule has 0 spiro atoms. The van der Waals surface area contributed by atoms with Crippen molar-refractivity contribution in [3.05, 3.63) is 35.4 Å². The maximum Gasteiger partial charge on any atom is 0.220 e. The van der Waals surface area contributed by atoms with Crippen LogP contribution < -0.4 is 11.1 Å². The van der Waals surface area contributed by atoms with E-state index in [1.165, 1.54) is 24.0 Å². The van der Waals surface area contributed by atoms with E-state index in [0.717, 1.165) is 19.3 Å². The lowest BCUT2D eigenvalue weighted by molar-refractivity contribution is -0.121. The van der Waals surface area contributed by atoms with E-state index in [1.807, 2.05) is 0 Å². The summed E-state index contributed by atoms with van der Waals surface area (Å²) in [5.74, 6) is 0.793. The standard InChI is InChI=1S/C17H26N2O.ClH/c1-13-6-8-14(9-7-13)4-2-3-5-17(20)19-12-16(18)15-10-11-15;/h6-9,15-16H,2-5,10-12,18H2,1H3,(H,19,20);1H. The van der Waals surface area contributed by atoms with E-state index >= 15 is 0 Å². The van der Waals surface area contributed by atoms with Gasteiger partial charge in [0.1, 0.15) is 0 Å². The summed E-state index contributed by atoms with van der Waals surface area (Å²) < 4.78 is 0. The molecule has 1 fully saturated rings. The molecule has 0 heterocycles. The quantitative estimate of drug-likeness (QED) is 0.725. The summed E-state index contributed by atoms with van der Waals surface area (Å²) in [6, 6.07) is 8.78. The zero-order valence-corrected chi connectivity index (χ0v) is 13.6. The maximum absolute atomic E-state index is 11.7. The molecule has 0 bridgehead atoms. The van der Waals surface area contributed by atoms with Gasteiger partial charge >= 0.3 is 0 Å². The number of carbonyl (C=O) groups excluding carboxylic acids is 1. The van der Waals surface area contributed by atoms with Crippen molar-refractivity contribution in [3.63, 3.8) is 0 Å². The van der Waals surface area contributed by atoms with Gasteiger partial charge in [0.2, 0.25) is 5.91 Å². The first-order valence-corrected chi connectivity index (χ1v) is 7.73. The topological polar surface area (TPSA) is 55.1 Å². The molecule has 1 atom stereocenters. The van der Waals surface area contributed by atoms with Gasteiger partial charge in [0.25, 0.3) is 0 Å². The second kappa shape index (κ2) is 9.06. The van der Waals surface area contributed by atoms with E-state index < -0.39 is 0 Å². The molecule has 1 aromatic rings. The number of nitrogens with one attached hydrogen (secondary N) is 1. The molecule has 21 heavy (non-hydrogen) atoms. The SMILES string of the molecule is Cc1ccc(CCCCC(=O)NCC(N)C2CC2)cc1.Cl. The zero-order valence-electron chi connectivity index (χ0n) is 12.8. The van der Waals surface area contributed by atoms with Crippen molar-refractivity contribution in [1.29, 1.82) is 0 Å². The maximum atomic E-state index is 11.7. The van der Waals surface area contributed by atoms with E-state index in [1.54, 1.807) is 0 Å². The third kappa shape index (κ3) is 6.96. The van der Waals surface area contributed by atoms with Gasteiger partial charge in [0.05, 0.1) is 0 Å². The monoisotopic (exact) mass is 310 g/mol. The zero-order chi connectivity index (χ0) is 14.4. The number of benzene rings is 1. The number of halogens is 1. The molecule has 0 aromatic heterocycles. The predicted molar refractivity (Wildman–Crippen MR) is 89.7 cm³/mol. The number of aryl methyl sites for hydroxylation is 2. The normalized spacial score (nSPS) is 15.1. The second-order valence-corrected chi connectivity index (χ2v) is 6.00. The third-order valence-electron chi connectivity index (χ3n) is 4.00. The summed E-state index contributed by atoms with van der Waals surface area (Å²) in [6.45, 7) is 2.74. The molecule has 1 saturated carbocycles. The number of rotatable bonds is 8. The number of hydrogen-bond acceptors (Lipinski definition) is 2. The Kier molecular flexibility index (Phi) is 7.76. The molecular formula is C17H27ClN2O. The second-order valence-electron chi connectivity index (χ2n) is 6.00. The lowest BCUT2D eigenvalue weighted by Crippen LogP contribution is -2.38. The molecule has 3 N–H and O–H groups in total. The average Bonchev–Trinajstić information content (AvgIpc) is 3.27. The van der Waals surface area contributed by atoms with Crippen LogP contribution >= 0.6 is 12.4 Å². The van der Waals surface area contributed by atoms with Crippen molar-refractivity contribution in [2.24, 2.45) is 11.7 Å². The Morgan fingerprint density at radius 1 is 1.29 bits per heavy atom. The van der Waals surface area contributed by atoms with Crippen LogP contribution in [0.25, 0.3) is 0 Å². The van der Waals surface area contributed by atoms with Crippen LogP contribution in [0.1, 0.15) is 43.2 Å². The highest BCUT2D eigenvalue weighted by atomic mass is 35.5. The van der Waals surface area contributed by atoms with Gasteiger partial charge in [0, 0.05) is 19.0 Å². The molecule has 1 aromatic carbocycles. The van der Waals surface area contributed by atoms with Gasteiger partial charge in [-0.05, 0) is 50.5 Å². The lowest BCUT2D eigenvalue weighted by atomic mass is 10.1. The smallest absolute Gasteiger partial charge is 0.220 e. The summed E-state index contributed by atoms with van der Waals surface area (Å²) in [5, 5.41) is 2.95. The molecular weight excluding hydrogens is 284 g/mol. The predicted octanol–water partition coefficient (Wildman–Crippen LogP) is 2.98. The van der Waals surface area contributed by atoms with Crippen LogP contribution in [-0.2, 0) is 11.2 Å². The van der Waals surface area contributed by atoms with Crippen LogP contribution in [0.5, 0.6) is 0 Å². The van der Waals surface area contributed by atoms with Gasteiger partial charge in [-0.15, -0.1) is 12.4 Å². The summed E-state index contributed by atoms with van der Waals surface area (Å²) in [7, 11) is 0. The van der Waals surface area contributed by atoms with Gasteiger partial charge in [-0.25, -0.2) is 0 Å². The summed E-state index contributed by atoms with van der Waals surface area (Å²) in [4.78, 5) is 11.7. The molecule has 1 aliphatic carbocycles. The molecule has 1 aliphatic rings. The van der Waals surface area contributed by atoms with Gasteiger partial charge in [-0.3, -0.25) is 4.79 Å². The van der Waals surface area contributed by atoms with Crippen molar-refractivity contribution in [1.82, 2.24) is 5.32 Å². The molecule has 0 aliphatic heterocycles. The van der Waals surface area contributed by atoms with Gasteiger partial charge in [-0.1, -0.05) is 29.8 Å². The number of nitrogens with two attached hydrogens (primary N) is 1. The van der Waals surface area contributed by atoms with Gasteiger partial charge in [0.15, 0.2) is 0 Å². The Balaban J connectivity index is 0.00000220. The van der Waals surface area contributed by atoms with Gasteiger partial charge < -0.3 is 11.1 Å². The van der Waals surface area contributed by atoms with E-state index in [-0.39, 0.29) is 24.4 Å². The average molecular weight is 311 g/mol. The Hall–Kier alpha value is -1.06. The Bertz CT molecular complexity index is 429. The number of amides is 1. The minimum Gasteiger partial charge on any atom is -0.355 e. The van der Waals surface area contributed by atoms with Crippen molar-refractivity contribution < 1.29 is 4.79 Å². The molecule has 2 rings (SSSR count). The van der Waals surface area contributed by atoms with Crippen LogP contribution in [-0.4, -0.2) is 18.5 Å². The first kappa shape index (κ1) is 18.0. The number of unbranched alkanes of at least 4 members (excludes halogenated alkanes) is 1. The molecule has 1 unspecified atom stereocenters. The minimum atomic E-state index is 0. The van der Waals surface area contributed by atoms with E-state index in [9.17, 15) is 4.79 Å². The molecule has 3 nitrogen and oxygen atoms in total. The van der Waals surface area contributed by atoms with Crippen molar-refractivity contribution in [3.8, 4) is 0 Å². The Morgan fingerprint density at radius 2 is 1.95 bits per heavy atom. The van der Waals surface area contributed by atoms with Crippen LogP contribution in [0, 0.1) is 12.8 Å². The third-order valence-corrected chi connectivity index (χ3v) is 4.00. The molecule has 0 saturated heterocycles. The summed E-state index contributed by atoms with van der Waals surface area (Å²) >= 11 is 0. The Morgan fingerprint density at radius 3 is 2.57 bits per heavy atom. The highest BCUT2D eigenvalue weighted by Gasteiger charge is 2.28. The minimum absolute atomic E-state index is 0. The molecule has 4 heteroatoms. The van der Waals surface area contributed by atoms with E-state index in [0.29, 0.717) is 18.9 Å². The van der Waals surface area contributed by atoms with Crippen molar-refractivity contribution in [2.75, 3.05) is 6.54 Å². The Labute approximate surface area is 134 Å². The lowest BCUT2D eigenvalue weighted by Gasteiger charge is -2.11. The van der Waals surface area contributed by atoms with Crippen LogP contribution in [0.15, 0.2) is 24.3 Å². The molecule has 1 amide bonds. The van der Waals surface area contributed by atoms with Crippen LogP contribution in [0.2, 0.25) is 0 Å². The fourth-order valence-corrected chi connectivity index (χ4v) is 2.38. The molecule has 118 valence electrons. The molecule has 0 radical (unpaired) electrons.